The van der Waals surface area contributed by atoms with E-state index >= 15 is 0 Å². The highest BCUT2D eigenvalue weighted by molar-refractivity contribution is 7.89. The van der Waals surface area contributed by atoms with Crippen LogP contribution < -0.4 is 0 Å². The van der Waals surface area contributed by atoms with Gasteiger partial charge in [-0.2, -0.15) is 4.31 Å². The van der Waals surface area contributed by atoms with Crippen LogP contribution in [0.25, 0.3) is 0 Å². The van der Waals surface area contributed by atoms with E-state index in [0.29, 0.717) is 19.3 Å². The van der Waals surface area contributed by atoms with Crippen molar-refractivity contribution in [2.24, 2.45) is 0 Å². The molecule has 0 aromatic heterocycles. The van der Waals surface area contributed by atoms with Gasteiger partial charge in [-0.3, -0.25) is 14.9 Å². The Bertz CT molecular complexity index is 703. The molecule has 0 aliphatic carbocycles. The molecule has 1 aromatic rings. The van der Waals surface area contributed by atoms with Crippen LogP contribution in [-0.4, -0.2) is 42.8 Å². The number of hydrogen-bond acceptors (Lipinski definition) is 6. The molecule has 8 nitrogen and oxygen atoms in total. The number of esters is 1. The van der Waals surface area contributed by atoms with Crippen molar-refractivity contribution < 1.29 is 22.9 Å². The number of nitrogens with zero attached hydrogens (tertiary/aromatic N) is 2. The summed E-state index contributed by atoms with van der Waals surface area (Å²) >= 11 is 0. The maximum absolute atomic E-state index is 12.8. The molecule has 0 amide bonds. The summed E-state index contributed by atoms with van der Waals surface area (Å²) in [5.74, 6) is -0.616. The van der Waals surface area contributed by atoms with Crippen molar-refractivity contribution in [3.63, 3.8) is 0 Å². The van der Waals surface area contributed by atoms with Gasteiger partial charge < -0.3 is 4.74 Å². The van der Waals surface area contributed by atoms with Crippen molar-refractivity contribution in [1.29, 1.82) is 0 Å². The number of para-hydroxylation sites is 1. The van der Waals surface area contributed by atoms with Gasteiger partial charge in [-0.1, -0.05) is 12.1 Å². The molecule has 0 N–H and O–H groups in total. The third-order valence-electron chi connectivity index (χ3n) is 3.66. The molecule has 0 spiro atoms. The number of sulfonamides is 1. The SMILES string of the molecule is CCOC(=O)C1CCCCN1S(=O)(=O)c1ccccc1[N+](=O)[O-]. The third-order valence-corrected chi connectivity index (χ3v) is 5.62. The standard InChI is InChI=1S/C14H18N2O6S/c1-2-22-14(17)12-8-5-6-10-15(12)23(20,21)13-9-4-3-7-11(13)16(18)19/h3-4,7,9,12H,2,5-6,8,10H2,1H3. The Balaban J connectivity index is 2.44. The molecule has 1 aliphatic rings. The number of rotatable bonds is 5. The van der Waals surface area contributed by atoms with Gasteiger partial charge in [-0.25, -0.2) is 8.42 Å². The van der Waals surface area contributed by atoms with Gasteiger partial charge in [0.25, 0.3) is 15.7 Å². The Morgan fingerprint density at radius 2 is 2.09 bits per heavy atom. The first-order valence-corrected chi connectivity index (χ1v) is 8.75. The molecule has 1 atom stereocenters. The summed E-state index contributed by atoms with van der Waals surface area (Å²) in [5.41, 5.74) is -0.499. The van der Waals surface area contributed by atoms with Gasteiger partial charge in [0.05, 0.1) is 11.5 Å². The molecule has 23 heavy (non-hydrogen) atoms. The van der Waals surface area contributed by atoms with Crippen LogP contribution in [-0.2, 0) is 19.6 Å². The number of benzene rings is 1. The lowest BCUT2D eigenvalue weighted by Gasteiger charge is -2.32. The minimum absolute atomic E-state index is 0.137. The molecule has 1 fully saturated rings. The predicted octanol–water partition coefficient (Wildman–Crippen LogP) is 1.70. The highest BCUT2D eigenvalue weighted by Crippen LogP contribution is 2.31. The van der Waals surface area contributed by atoms with Gasteiger partial charge in [-0.15, -0.1) is 0 Å². The average Bonchev–Trinajstić information content (AvgIpc) is 2.55. The molecule has 9 heteroatoms. The summed E-state index contributed by atoms with van der Waals surface area (Å²) in [4.78, 5) is 22.0. The van der Waals surface area contributed by atoms with Crippen molar-refractivity contribution in [3.8, 4) is 0 Å². The summed E-state index contributed by atoms with van der Waals surface area (Å²) < 4.78 is 31.7. The van der Waals surface area contributed by atoms with Crippen LogP contribution in [0.3, 0.4) is 0 Å². The van der Waals surface area contributed by atoms with Gasteiger partial charge in [0, 0.05) is 12.6 Å². The largest absolute Gasteiger partial charge is 0.465 e. The Morgan fingerprint density at radius 3 is 2.74 bits per heavy atom. The van der Waals surface area contributed by atoms with E-state index in [9.17, 15) is 23.3 Å². The summed E-state index contributed by atoms with van der Waals surface area (Å²) in [6.45, 7) is 1.92. The Hall–Kier alpha value is -2.00. The molecular weight excluding hydrogens is 324 g/mol. The van der Waals surface area contributed by atoms with E-state index < -0.39 is 37.5 Å². The normalized spacial score (nSPS) is 19.3. The number of hydrogen-bond donors (Lipinski definition) is 0. The first kappa shape index (κ1) is 17.4. The van der Waals surface area contributed by atoms with E-state index in [1.54, 1.807) is 6.92 Å². The van der Waals surface area contributed by atoms with Crippen LogP contribution in [0.2, 0.25) is 0 Å². The van der Waals surface area contributed by atoms with E-state index in [2.05, 4.69) is 0 Å². The molecule has 1 unspecified atom stereocenters. The smallest absolute Gasteiger partial charge is 0.324 e. The van der Waals surface area contributed by atoms with Gasteiger partial charge in [-0.05, 0) is 32.3 Å². The van der Waals surface area contributed by atoms with Crippen molar-refractivity contribution in [2.75, 3.05) is 13.2 Å². The highest BCUT2D eigenvalue weighted by Gasteiger charge is 2.40. The maximum atomic E-state index is 12.8. The zero-order chi connectivity index (χ0) is 17.0. The van der Waals surface area contributed by atoms with Crippen molar-refractivity contribution in [3.05, 3.63) is 34.4 Å². The molecule has 2 rings (SSSR count). The lowest BCUT2D eigenvalue weighted by molar-refractivity contribution is -0.387. The monoisotopic (exact) mass is 342 g/mol. The molecule has 1 aromatic carbocycles. The molecule has 1 aliphatic heterocycles. The van der Waals surface area contributed by atoms with Crippen LogP contribution >= 0.6 is 0 Å². The summed E-state index contributed by atoms with van der Waals surface area (Å²) in [5, 5.41) is 11.1. The molecule has 126 valence electrons. The molecular formula is C14H18N2O6S. The van der Waals surface area contributed by atoms with Crippen LogP contribution in [0.4, 0.5) is 5.69 Å². The average molecular weight is 342 g/mol. The minimum Gasteiger partial charge on any atom is -0.465 e. The second-order valence-corrected chi connectivity index (χ2v) is 6.96. The topological polar surface area (TPSA) is 107 Å². The van der Waals surface area contributed by atoms with Gasteiger partial charge in [0.1, 0.15) is 6.04 Å². The summed E-state index contributed by atoms with van der Waals surface area (Å²) in [6, 6.07) is 4.20. The minimum atomic E-state index is -4.16. The lowest BCUT2D eigenvalue weighted by atomic mass is 10.1. The second kappa shape index (κ2) is 7.05. The summed E-state index contributed by atoms with van der Waals surface area (Å²) in [6.07, 6.45) is 1.64. The van der Waals surface area contributed by atoms with Crippen LogP contribution in [0, 0.1) is 10.1 Å². The quantitative estimate of drug-likeness (QED) is 0.458. The van der Waals surface area contributed by atoms with Crippen molar-refractivity contribution >= 4 is 21.7 Å². The van der Waals surface area contributed by atoms with Gasteiger partial charge >= 0.3 is 5.97 Å². The van der Waals surface area contributed by atoms with Gasteiger partial charge in [0.15, 0.2) is 4.90 Å². The number of carbonyl (C=O) groups excluding carboxylic acids is 1. The second-order valence-electron chi connectivity index (χ2n) is 5.10. The first-order chi connectivity index (χ1) is 10.9. The number of nitro benzene ring substituents is 1. The van der Waals surface area contributed by atoms with E-state index in [1.165, 1.54) is 18.2 Å². The molecule has 0 radical (unpaired) electrons. The van der Waals surface area contributed by atoms with Crippen LogP contribution in [0.5, 0.6) is 0 Å². The number of carbonyl (C=O) groups is 1. The zero-order valence-electron chi connectivity index (χ0n) is 12.7. The maximum Gasteiger partial charge on any atom is 0.324 e. The third kappa shape index (κ3) is 3.50. The lowest BCUT2D eigenvalue weighted by Crippen LogP contribution is -2.48. The van der Waals surface area contributed by atoms with Crippen LogP contribution in [0.15, 0.2) is 29.2 Å². The van der Waals surface area contributed by atoms with E-state index in [4.69, 9.17) is 4.74 Å². The molecule has 1 heterocycles. The first-order valence-electron chi connectivity index (χ1n) is 7.31. The Kier molecular flexibility index (Phi) is 5.32. The van der Waals surface area contributed by atoms with E-state index in [0.717, 1.165) is 10.4 Å². The zero-order valence-corrected chi connectivity index (χ0v) is 13.5. The van der Waals surface area contributed by atoms with Gasteiger partial charge in [0.2, 0.25) is 0 Å². The number of nitro groups is 1. The van der Waals surface area contributed by atoms with Crippen LogP contribution in [0.1, 0.15) is 26.2 Å². The number of ether oxygens (including phenoxy) is 1. The molecule has 0 bridgehead atoms. The fraction of sp³-hybridized carbons (Fsp3) is 0.500. The van der Waals surface area contributed by atoms with E-state index in [1.807, 2.05) is 0 Å². The number of piperidine rings is 1. The fourth-order valence-corrected chi connectivity index (χ4v) is 4.43. The van der Waals surface area contributed by atoms with E-state index in [-0.39, 0.29) is 13.2 Å². The predicted molar refractivity (Wildman–Crippen MR) is 81.3 cm³/mol. The summed E-state index contributed by atoms with van der Waals surface area (Å²) in [7, 11) is -4.16. The van der Waals surface area contributed by atoms with Crippen molar-refractivity contribution in [2.45, 2.75) is 37.1 Å². The highest BCUT2D eigenvalue weighted by atomic mass is 32.2. The Labute approximate surface area is 134 Å². The van der Waals surface area contributed by atoms with Crippen molar-refractivity contribution in [1.82, 2.24) is 4.31 Å². The molecule has 0 saturated carbocycles. The fourth-order valence-electron chi connectivity index (χ4n) is 2.62. The molecule has 1 saturated heterocycles. The Morgan fingerprint density at radius 1 is 1.39 bits per heavy atom.